The normalized spacial score (nSPS) is 32.0. The fraction of sp³-hybridized carbons (Fsp3) is 0.643. The van der Waals surface area contributed by atoms with Gasteiger partial charge < -0.3 is 5.11 Å². The lowest BCUT2D eigenvalue weighted by atomic mass is 10.0. The zero-order chi connectivity index (χ0) is 14.7. The van der Waals surface area contributed by atoms with Gasteiger partial charge in [0.2, 0.25) is 5.28 Å². The Morgan fingerprint density at radius 2 is 1.95 bits per heavy atom. The fourth-order valence-corrected chi connectivity index (χ4v) is 4.34. The molecule has 0 aliphatic heterocycles. The molecule has 2 fully saturated rings. The quantitative estimate of drug-likeness (QED) is 0.810. The lowest BCUT2D eigenvalue weighted by Gasteiger charge is -2.13. The molecule has 2 aliphatic rings. The van der Waals surface area contributed by atoms with Gasteiger partial charge in [-0.1, -0.05) is 0 Å². The summed E-state index contributed by atoms with van der Waals surface area (Å²) >= 11 is 5.89. The molecule has 21 heavy (non-hydrogen) atoms. The van der Waals surface area contributed by atoms with Crippen molar-refractivity contribution in [1.82, 2.24) is 19.1 Å². The first-order valence-electron chi connectivity index (χ1n) is 7.32. The summed E-state index contributed by atoms with van der Waals surface area (Å²) in [7, 11) is 1.73. The molecular formula is C14H17ClN4O2. The second-order valence-corrected chi connectivity index (χ2v) is 6.67. The lowest BCUT2D eigenvalue weighted by Crippen LogP contribution is -2.25. The SMILES string of the molecule is Cn1c(=O)n(C2CC3CC(O)CC3C2)c2nc(Cl)ncc21. The van der Waals surface area contributed by atoms with E-state index in [4.69, 9.17) is 11.6 Å². The van der Waals surface area contributed by atoms with Crippen LogP contribution in [-0.2, 0) is 7.05 Å². The predicted octanol–water partition coefficient (Wildman–Crippen LogP) is 1.51. The number of aromatic nitrogens is 4. The molecule has 2 aliphatic carbocycles. The lowest BCUT2D eigenvalue weighted by molar-refractivity contribution is 0.169. The van der Waals surface area contributed by atoms with Gasteiger partial charge >= 0.3 is 5.69 Å². The van der Waals surface area contributed by atoms with Crippen LogP contribution >= 0.6 is 11.6 Å². The molecule has 0 radical (unpaired) electrons. The third-order valence-electron chi connectivity index (χ3n) is 5.13. The maximum Gasteiger partial charge on any atom is 0.330 e. The molecule has 0 bridgehead atoms. The van der Waals surface area contributed by atoms with Crippen molar-refractivity contribution in [3.8, 4) is 0 Å². The van der Waals surface area contributed by atoms with E-state index in [1.54, 1.807) is 22.4 Å². The monoisotopic (exact) mass is 308 g/mol. The third kappa shape index (κ3) is 1.92. The summed E-state index contributed by atoms with van der Waals surface area (Å²) in [6.45, 7) is 0. The van der Waals surface area contributed by atoms with E-state index in [0.29, 0.717) is 23.0 Å². The summed E-state index contributed by atoms with van der Waals surface area (Å²) < 4.78 is 3.35. The van der Waals surface area contributed by atoms with Crippen LogP contribution in [0.15, 0.2) is 11.0 Å². The number of hydrogen-bond donors (Lipinski definition) is 1. The van der Waals surface area contributed by atoms with Gasteiger partial charge in [0, 0.05) is 13.1 Å². The third-order valence-corrected chi connectivity index (χ3v) is 5.32. The van der Waals surface area contributed by atoms with Gasteiger partial charge in [0.25, 0.3) is 0 Å². The van der Waals surface area contributed by atoms with Crippen molar-refractivity contribution in [3.63, 3.8) is 0 Å². The molecule has 2 aromatic heterocycles. The summed E-state index contributed by atoms with van der Waals surface area (Å²) in [5.41, 5.74) is 1.27. The number of halogens is 1. The Hall–Kier alpha value is -1.40. The first-order chi connectivity index (χ1) is 10.0. The van der Waals surface area contributed by atoms with Crippen molar-refractivity contribution < 1.29 is 5.11 Å². The molecular weight excluding hydrogens is 292 g/mol. The van der Waals surface area contributed by atoms with Crippen LogP contribution in [0.25, 0.3) is 11.2 Å². The minimum Gasteiger partial charge on any atom is -0.393 e. The molecule has 2 saturated carbocycles. The summed E-state index contributed by atoms with van der Waals surface area (Å²) in [4.78, 5) is 20.8. The molecule has 6 nitrogen and oxygen atoms in total. The highest BCUT2D eigenvalue weighted by Crippen LogP contribution is 2.48. The van der Waals surface area contributed by atoms with E-state index in [2.05, 4.69) is 9.97 Å². The van der Waals surface area contributed by atoms with Crippen molar-refractivity contribution in [2.75, 3.05) is 0 Å². The molecule has 0 spiro atoms. The Labute approximate surface area is 126 Å². The second-order valence-electron chi connectivity index (χ2n) is 6.33. The van der Waals surface area contributed by atoms with Crippen LogP contribution in [0.2, 0.25) is 5.28 Å². The van der Waals surface area contributed by atoms with Crippen molar-refractivity contribution in [1.29, 1.82) is 0 Å². The van der Waals surface area contributed by atoms with E-state index in [1.807, 2.05) is 0 Å². The Morgan fingerprint density at radius 1 is 1.29 bits per heavy atom. The van der Waals surface area contributed by atoms with E-state index in [-0.39, 0.29) is 23.1 Å². The van der Waals surface area contributed by atoms with E-state index in [0.717, 1.165) is 25.7 Å². The smallest absolute Gasteiger partial charge is 0.330 e. The van der Waals surface area contributed by atoms with Gasteiger partial charge in [-0.25, -0.2) is 9.78 Å². The van der Waals surface area contributed by atoms with Crippen LogP contribution in [0.5, 0.6) is 0 Å². The van der Waals surface area contributed by atoms with E-state index >= 15 is 0 Å². The summed E-state index contributed by atoms with van der Waals surface area (Å²) in [6, 6.07) is 0.148. The molecule has 1 N–H and O–H groups in total. The number of imidazole rings is 1. The number of hydrogen-bond acceptors (Lipinski definition) is 4. The Kier molecular flexibility index (Phi) is 2.87. The Morgan fingerprint density at radius 3 is 2.62 bits per heavy atom. The van der Waals surface area contributed by atoms with Crippen molar-refractivity contribution in [2.45, 2.75) is 37.8 Å². The van der Waals surface area contributed by atoms with Crippen LogP contribution in [0.1, 0.15) is 31.7 Å². The molecule has 2 atom stereocenters. The summed E-state index contributed by atoms with van der Waals surface area (Å²) in [6.07, 6.45) is 5.02. The molecule has 0 amide bonds. The van der Waals surface area contributed by atoms with Crippen LogP contribution < -0.4 is 5.69 Å². The van der Waals surface area contributed by atoms with Crippen LogP contribution in [0.4, 0.5) is 0 Å². The number of aryl methyl sites for hydroxylation is 1. The number of nitrogens with zero attached hydrogens (tertiary/aromatic N) is 4. The number of fused-ring (bicyclic) bond motifs is 2. The van der Waals surface area contributed by atoms with Crippen LogP contribution in [0, 0.1) is 11.8 Å². The van der Waals surface area contributed by atoms with Crippen LogP contribution in [0.3, 0.4) is 0 Å². The van der Waals surface area contributed by atoms with Gasteiger partial charge in [0.15, 0.2) is 5.65 Å². The minimum absolute atomic E-state index is 0.0629. The predicted molar refractivity (Wildman–Crippen MR) is 78.3 cm³/mol. The Balaban J connectivity index is 1.79. The molecule has 2 heterocycles. The molecule has 7 heteroatoms. The van der Waals surface area contributed by atoms with E-state index < -0.39 is 0 Å². The van der Waals surface area contributed by atoms with Crippen molar-refractivity contribution in [3.05, 3.63) is 22.0 Å². The largest absolute Gasteiger partial charge is 0.393 e. The molecule has 2 unspecified atom stereocenters. The summed E-state index contributed by atoms with van der Waals surface area (Å²) in [5, 5.41) is 9.91. The highest BCUT2D eigenvalue weighted by molar-refractivity contribution is 6.28. The van der Waals surface area contributed by atoms with Crippen LogP contribution in [-0.4, -0.2) is 30.3 Å². The Bertz CT molecular complexity index is 754. The van der Waals surface area contributed by atoms with Gasteiger partial charge in [-0.2, -0.15) is 4.98 Å². The van der Waals surface area contributed by atoms with Gasteiger partial charge in [0.05, 0.1) is 12.3 Å². The maximum absolute atomic E-state index is 12.5. The number of rotatable bonds is 1. The molecule has 112 valence electrons. The standard InChI is InChI=1S/C14H17ClN4O2/c1-18-11-6-16-13(15)17-12(11)19(14(18)21)9-2-7-4-10(20)5-8(7)3-9/h6-10,20H,2-5H2,1H3. The van der Waals surface area contributed by atoms with E-state index in [1.165, 1.54) is 0 Å². The minimum atomic E-state index is -0.165. The first-order valence-corrected chi connectivity index (χ1v) is 7.70. The molecule has 0 saturated heterocycles. The zero-order valence-corrected chi connectivity index (χ0v) is 12.5. The first kappa shape index (κ1) is 13.3. The molecule has 2 aromatic rings. The number of aliphatic hydroxyl groups is 1. The van der Waals surface area contributed by atoms with Gasteiger partial charge in [-0.05, 0) is 49.1 Å². The van der Waals surface area contributed by atoms with Gasteiger partial charge in [-0.15, -0.1) is 0 Å². The van der Waals surface area contributed by atoms with Crippen molar-refractivity contribution in [2.24, 2.45) is 18.9 Å². The topological polar surface area (TPSA) is 72.9 Å². The average molecular weight is 309 g/mol. The average Bonchev–Trinajstić information content (AvgIpc) is 3.01. The zero-order valence-electron chi connectivity index (χ0n) is 11.7. The second kappa shape index (κ2) is 4.55. The molecule has 0 aromatic carbocycles. The highest BCUT2D eigenvalue weighted by Gasteiger charge is 2.42. The van der Waals surface area contributed by atoms with Gasteiger partial charge in [0.1, 0.15) is 5.52 Å². The summed E-state index contributed by atoms with van der Waals surface area (Å²) in [5.74, 6) is 1.04. The fourth-order valence-electron chi connectivity index (χ4n) is 4.21. The maximum atomic E-state index is 12.5. The highest BCUT2D eigenvalue weighted by atomic mass is 35.5. The van der Waals surface area contributed by atoms with E-state index in [9.17, 15) is 9.90 Å². The molecule has 4 rings (SSSR count). The number of aliphatic hydroxyl groups excluding tert-OH is 1. The van der Waals surface area contributed by atoms with Gasteiger partial charge in [-0.3, -0.25) is 9.13 Å². The van der Waals surface area contributed by atoms with Crippen molar-refractivity contribution >= 4 is 22.8 Å².